The lowest BCUT2D eigenvalue weighted by Gasteiger charge is -2.28. The lowest BCUT2D eigenvalue weighted by molar-refractivity contribution is -0.137. The molecule has 2 fully saturated rings. The lowest BCUT2D eigenvalue weighted by Crippen LogP contribution is -2.38. The Kier molecular flexibility index (Phi) is 7.48. The predicted molar refractivity (Wildman–Crippen MR) is 141 cm³/mol. The SMILES string of the molecule is O=C(CN1CCc2ccc(C(F)(F)F)cc2C1)NC=C1CN(C2CCOC2)C[C@@H]1CC1CCc2cccnc21. The zero-order valence-electron chi connectivity index (χ0n) is 22.1. The van der Waals surface area contributed by atoms with Gasteiger partial charge in [-0.2, -0.15) is 13.2 Å². The van der Waals surface area contributed by atoms with Crippen LogP contribution in [0, 0.1) is 5.92 Å². The van der Waals surface area contributed by atoms with Gasteiger partial charge in [-0.25, -0.2) is 0 Å². The Balaban J connectivity index is 1.10. The number of halogens is 3. The van der Waals surface area contributed by atoms with Gasteiger partial charge in [-0.05, 0) is 78.5 Å². The topological polar surface area (TPSA) is 57.7 Å². The zero-order chi connectivity index (χ0) is 27.0. The van der Waals surface area contributed by atoms with E-state index in [2.05, 4.69) is 21.3 Å². The molecule has 4 aliphatic rings. The van der Waals surface area contributed by atoms with Crippen LogP contribution >= 0.6 is 0 Å². The van der Waals surface area contributed by atoms with E-state index in [1.54, 1.807) is 6.07 Å². The third kappa shape index (κ3) is 5.90. The average Bonchev–Trinajstić information content (AvgIpc) is 3.67. The number of fused-ring (bicyclic) bond motifs is 2. The van der Waals surface area contributed by atoms with Crippen LogP contribution in [0.15, 0.2) is 48.3 Å². The van der Waals surface area contributed by atoms with Crippen LogP contribution in [-0.2, 0) is 35.1 Å². The summed E-state index contributed by atoms with van der Waals surface area (Å²) in [6, 6.07) is 8.54. The summed E-state index contributed by atoms with van der Waals surface area (Å²) in [6.07, 6.45) is 4.28. The first-order valence-corrected chi connectivity index (χ1v) is 14.0. The van der Waals surface area contributed by atoms with Gasteiger partial charge in [0.15, 0.2) is 0 Å². The summed E-state index contributed by atoms with van der Waals surface area (Å²) < 4.78 is 45.2. The van der Waals surface area contributed by atoms with Crippen molar-refractivity contribution in [3.05, 3.63) is 76.2 Å². The molecule has 0 saturated carbocycles. The van der Waals surface area contributed by atoms with Crippen molar-refractivity contribution in [2.75, 3.05) is 39.4 Å². The van der Waals surface area contributed by atoms with Crippen LogP contribution in [0.1, 0.15) is 53.1 Å². The van der Waals surface area contributed by atoms with E-state index in [-0.39, 0.29) is 12.5 Å². The second kappa shape index (κ2) is 11.0. The van der Waals surface area contributed by atoms with Crippen LogP contribution in [0.5, 0.6) is 0 Å². The monoisotopic (exact) mass is 540 g/mol. The smallest absolute Gasteiger partial charge is 0.380 e. The molecule has 1 N–H and O–H groups in total. The molecule has 1 aromatic carbocycles. The van der Waals surface area contributed by atoms with Gasteiger partial charge in [-0.15, -0.1) is 0 Å². The summed E-state index contributed by atoms with van der Waals surface area (Å²) in [5.41, 5.74) is 4.75. The van der Waals surface area contributed by atoms with E-state index < -0.39 is 11.7 Å². The minimum atomic E-state index is -4.37. The Morgan fingerprint density at radius 1 is 1.10 bits per heavy atom. The van der Waals surface area contributed by atoms with Crippen LogP contribution in [-0.4, -0.2) is 66.1 Å². The number of benzene rings is 1. The van der Waals surface area contributed by atoms with E-state index in [9.17, 15) is 18.0 Å². The Morgan fingerprint density at radius 3 is 2.82 bits per heavy atom. The van der Waals surface area contributed by atoms with Gasteiger partial charge < -0.3 is 10.1 Å². The molecule has 208 valence electrons. The fourth-order valence-corrected chi connectivity index (χ4v) is 6.72. The fourth-order valence-electron chi connectivity index (χ4n) is 6.72. The lowest BCUT2D eigenvalue weighted by atomic mass is 9.89. The quantitative estimate of drug-likeness (QED) is 0.592. The maximum absolute atomic E-state index is 13.2. The van der Waals surface area contributed by atoms with Gasteiger partial charge in [0.25, 0.3) is 0 Å². The van der Waals surface area contributed by atoms with Gasteiger partial charge in [0, 0.05) is 62.8 Å². The largest absolute Gasteiger partial charge is 0.416 e. The van der Waals surface area contributed by atoms with Crippen molar-refractivity contribution < 1.29 is 22.7 Å². The molecular weight excluding hydrogens is 505 g/mol. The summed E-state index contributed by atoms with van der Waals surface area (Å²) in [7, 11) is 0. The van der Waals surface area contributed by atoms with Crippen LogP contribution in [0.25, 0.3) is 0 Å². The number of amides is 1. The number of nitrogens with one attached hydrogen (secondary N) is 1. The van der Waals surface area contributed by atoms with Gasteiger partial charge in [0.05, 0.1) is 18.7 Å². The Morgan fingerprint density at radius 2 is 2.00 bits per heavy atom. The molecule has 6 rings (SSSR count). The van der Waals surface area contributed by atoms with Gasteiger partial charge >= 0.3 is 6.18 Å². The number of rotatable bonds is 6. The Hall–Kier alpha value is -2.75. The van der Waals surface area contributed by atoms with E-state index in [1.165, 1.54) is 22.9 Å². The van der Waals surface area contributed by atoms with Crippen molar-refractivity contribution in [2.24, 2.45) is 5.92 Å². The highest BCUT2D eigenvalue weighted by Crippen LogP contribution is 2.40. The summed E-state index contributed by atoms with van der Waals surface area (Å²) in [4.78, 5) is 22.0. The van der Waals surface area contributed by atoms with Crippen molar-refractivity contribution in [3.8, 4) is 0 Å². The minimum absolute atomic E-state index is 0.132. The van der Waals surface area contributed by atoms with E-state index in [4.69, 9.17) is 4.74 Å². The second-order valence-electron chi connectivity index (χ2n) is 11.4. The first-order valence-electron chi connectivity index (χ1n) is 14.0. The van der Waals surface area contributed by atoms with E-state index in [0.717, 1.165) is 63.6 Å². The van der Waals surface area contributed by atoms with Crippen LogP contribution < -0.4 is 5.32 Å². The zero-order valence-corrected chi connectivity index (χ0v) is 22.1. The van der Waals surface area contributed by atoms with Crippen molar-refractivity contribution in [2.45, 2.75) is 56.8 Å². The molecule has 3 atom stereocenters. The number of aromatic nitrogens is 1. The molecular formula is C30H35F3N4O2. The first-order chi connectivity index (χ1) is 18.8. The number of aryl methyl sites for hydroxylation is 1. The molecule has 0 spiro atoms. The molecule has 9 heteroatoms. The standard InChI is InChI=1S/C30H35F3N4O2/c31-30(32,33)26-6-5-20-7-10-36(15-24(20)13-26)18-28(38)35-14-25-17-37(27-8-11-39-19-27)16-23(25)12-22-4-3-21-2-1-9-34-29(21)22/h1-2,5-6,9,13-14,22-23,27H,3-4,7-8,10-12,15-19H2,(H,35,38)/t22?,23-,27?/m0/s1. The number of hydrogen-bond acceptors (Lipinski definition) is 5. The maximum atomic E-state index is 13.2. The van der Waals surface area contributed by atoms with Gasteiger partial charge in [0.2, 0.25) is 5.91 Å². The fraction of sp³-hybridized carbons (Fsp3) is 0.533. The number of nitrogens with zero attached hydrogens (tertiary/aromatic N) is 3. The molecule has 4 heterocycles. The number of carbonyl (C=O) groups is 1. The van der Waals surface area contributed by atoms with E-state index >= 15 is 0 Å². The van der Waals surface area contributed by atoms with Crippen LogP contribution in [0.3, 0.4) is 0 Å². The highest BCUT2D eigenvalue weighted by molar-refractivity contribution is 5.79. The summed E-state index contributed by atoms with van der Waals surface area (Å²) in [5.74, 6) is 0.638. The minimum Gasteiger partial charge on any atom is -0.380 e. The summed E-state index contributed by atoms with van der Waals surface area (Å²) in [6.45, 7) is 4.47. The van der Waals surface area contributed by atoms with Crippen molar-refractivity contribution in [1.29, 1.82) is 0 Å². The number of hydrogen-bond donors (Lipinski definition) is 1. The third-order valence-corrected chi connectivity index (χ3v) is 8.84. The van der Waals surface area contributed by atoms with E-state index in [0.29, 0.717) is 43.0 Å². The molecule has 1 amide bonds. The van der Waals surface area contributed by atoms with Crippen molar-refractivity contribution >= 4 is 5.91 Å². The van der Waals surface area contributed by atoms with Crippen molar-refractivity contribution in [3.63, 3.8) is 0 Å². The average molecular weight is 541 g/mol. The highest BCUT2D eigenvalue weighted by atomic mass is 19.4. The molecule has 1 aliphatic carbocycles. The molecule has 2 saturated heterocycles. The predicted octanol–water partition coefficient (Wildman–Crippen LogP) is 4.30. The number of likely N-dealkylation sites (tertiary alicyclic amines) is 1. The van der Waals surface area contributed by atoms with Gasteiger partial charge in [0.1, 0.15) is 0 Å². The molecule has 1 aromatic heterocycles. The second-order valence-corrected chi connectivity index (χ2v) is 11.4. The molecule has 2 aromatic rings. The van der Waals surface area contributed by atoms with Crippen molar-refractivity contribution in [1.82, 2.24) is 20.1 Å². The summed E-state index contributed by atoms with van der Waals surface area (Å²) >= 11 is 0. The van der Waals surface area contributed by atoms with E-state index in [1.807, 2.05) is 23.4 Å². The molecule has 6 nitrogen and oxygen atoms in total. The molecule has 0 radical (unpaired) electrons. The molecule has 39 heavy (non-hydrogen) atoms. The Labute approximate surface area is 227 Å². The third-order valence-electron chi connectivity index (χ3n) is 8.84. The molecule has 2 unspecified atom stereocenters. The normalized spacial score (nSPS) is 26.6. The van der Waals surface area contributed by atoms with Crippen LogP contribution in [0.4, 0.5) is 13.2 Å². The summed E-state index contributed by atoms with van der Waals surface area (Å²) in [5, 5.41) is 3.02. The Bertz CT molecular complexity index is 1240. The maximum Gasteiger partial charge on any atom is 0.416 e. The van der Waals surface area contributed by atoms with Crippen LogP contribution in [0.2, 0.25) is 0 Å². The number of carbonyl (C=O) groups excluding carboxylic acids is 1. The number of ether oxygens (including phenoxy) is 1. The number of pyridine rings is 1. The molecule has 3 aliphatic heterocycles. The number of alkyl halides is 3. The van der Waals surface area contributed by atoms with Gasteiger partial charge in [-0.3, -0.25) is 19.6 Å². The highest BCUT2D eigenvalue weighted by Gasteiger charge is 2.37. The van der Waals surface area contributed by atoms with Gasteiger partial charge in [-0.1, -0.05) is 12.1 Å². The molecule has 0 bridgehead atoms. The first kappa shape index (κ1) is 26.5.